The third kappa shape index (κ3) is 3.41. The van der Waals surface area contributed by atoms with Crippen LogP contribution in [0.2, 0.25) is 0 Å². The van der Waals surface area contributed by atoms with Crippen molar-refractivity contribution in [1.29, 1.82) is 0 Å². The molecule has 2 aromatic rings. The van der Waals surface area contributed by atoms with Crippen LogP contribution in [0, 0.1) is 6.92 Å². The highest BCUT2D eigenvalue weighted by molar-refractivity contribution is 9.10. The van der Waals surface area contributed by atoms with Crippen LogP contribution in [-0.2, 0) is 10.0 Å². The van der Waals surface area contributed by atoms with Gasteiger partial charge in [-0.15, -0.1) is 11.3 Å². The smallest absolute Gasteiger partial charge is 0.238 e. The maximum atomic E-state index is 11.3. The van der Waals surface area contributed by atoms with Crippen molar-refractivity contribution in [3.05, 3.63) is 44.6 Å². The first-order chi connectivity index (χ1) is 9.29. The van der Waals surface area contributed by atoms with E-state index in [2.05, 4.69) is 46.5 Å². The molecule has 1 unspecified atom stereocenters. The molecule has 3 N–H and O–H groups in total. The first-order valence-electron chi connectivity index (χ1n) is 5.92. The Bertz CT molecular complexity index is 726. The molecular weight excluding hydrogens is 360 g/mol. The Kier molecular flexibility index (Phi) is 4.53. The Hall–Kier alpha value is -0.890. The molecule has 0 saturated carbocycles. The van der Waals surface area contributed by atoms with Gasteiger partial charge < -0.3 is 5.32 Å². The van der Waals surface area contributed by atoms with Gasteiger partial charge in [-0.25, -0.2) is 13.6 Å². The van der Waals surface area contributed by atoms with Gasteiger partial charge in [0.05, 0.1) is 10.9 Å². The van der Waals surface area contributed by atoms with Gasteiger partial charge in [0.1, 0.15) is 0 Å². The highest BCUT2D eigenvalue weighted by atomic mass is 79.9. The first kappa shape index (κ1) is 15.5. The van der Waals surface area contributed by atoms with E-state index in [4.69, 9.17) is 5.14 Å². The van der Waals surface area contributed by atoms with Crippen LogP contribution >= 0.6 is 27.3 Å². The average molecular weight is 375 g/mol. The highest BCUT2D eigenvalue weighted by Crippen LogP contribution is 2.31. The van der Waals surface area contributed by atoms with Gasteiger partial charge in [-0.05, 0) is 65.0 Å². The number of hydrogen-bond donors (Lipinski definition) is 2. The second kappa shape index (κ2) is 5.85. The zero-order valence-electron chi connectivity index (χ0n) is 11.1. The van der Waals surface area contributed by atoms with Crippen molar-refractivity contribution in [2.45, 2.75) is 24.8 Å². The maximum absolute atomic E-state index is 11.3. The number of sulfonamides is 1. The molecule has 1 aromatic heterocycles. The van der Waals surface area contributed by atoms with Crippen molar-refractivity contribution in [3.63, 3.8) is 0 Å². The minimum Gasteiger partial charge on any atom is -0.377 e. The van der Waals surface area contributed by atoms with E-state index in [0.29, 0.717) is 4.47 Å². The first-order valence-corrected chi connectivity index (χ1v) is 9.14. The number of hydrogen-bond acceptors (Lipinski definition) is 4. The molecule has 4 nitrogen and oxygen atoms in total. The average Bonchev–Trinajstić information content (AvgIpc) is 2.76. The van der Waals surface area contributed by atoms with Gasteiger partial charge in [0.15, 0.2) is 0 Å². The monoisotopic (exact) mass is 374 g/mol. The predicted molar refractivity (Wildman–Crippen MR) is 86.6 cm³/mol. The molecule has 7 heteroatoms. The van der Waals surface area contributed by atoms with Crippen molar-refractivity contribution in [3.8, 4) is 0 Å². The molecule has 0 bridgehead atoms. The summed E-state index contributed by atoms with van der Waals surface area (Å²) in [6.07, 6.45) is 0. The predicted octanol–water partition coefficient (Wildman–Crippen LogP) is 3.64. The van der Waals surface area contributed by atoms with Gasteiger partial charge in [0.2, 0.25) is 10.0 Å². The summed E-state index contributed by atoms with van der Waals surface area (Å²) in [4.78, 5) is 1.35. The minimum absolute atomic E-state index is 0.0925. The van der Waals surface area contributed by atoms with Crippen LogP contribution in [0.1, 0.15) is 23.4 Å². The number of nitrogens with two attached hydrogens (primary N) is 1. The van der Waals surface area contributed by atoms with Gasteiger partial charge in [-0.1, -0.05) is 0 Å². The van der Waals surface area contributed by atoms with Gasteiger partial charge in [0.25, 0.3) is 0 Å². The molecule has 0 saturated heterocycles. The maximum Gasteiger partial charge on any atom is 0.238 e. The summed E-state index contributed by atoms with van der Waals surface area (Å²) in [7, 11) is -3.68. The van der Waals surface area contributed by atoms with Crippen molar-refractivity contribution in [2.24, 2.45) is 5.14 Å². The Morgan fingerprint density at radius 1 is 1.35 bits per heavy atom. The third-order valence-corrected chi connectivity index (χ3v) is 5.70. The molecule has 0 aliphatic heterocycles. The number of anilines is 1. The van der Waals surface area contributed by atoms with E-state index in [1.54, 1.807) is 17.4 Å². The standard InChI is InChI=1S/C13H15BrN2O2S2/c1-8-5-6-19-13(8)9(2)16-12-4-3-10(7-11(12)14)20(15,17)18/h3-7,9,16H,1-2H3,(H2,15,17,18). The van der Waals surface area contributed by atoms with Crippen LogP contribution in [0.25, 0.3) is 0 Å². The second-order valence-corrected chi connectivity index (χ2v) is 7.88. The molecule has 1 heterocycles. The third-order valence-electron chi connectivity index (χ3n) is 2.94. The number of halogens is 1. The van der Waals surface area contributed by atoms with E-state index in [9.17, 15) is 8.42 Å². The molecule has 1 aromatic carbocycles. The van der Waals surface area contributed by atoms with Crippen molar-refractivity contribution >= 4 is 43.0 Å². The molecule has 0 aliphatic carbocycles. The lowest BCUT2D eigenvalue weighted by Crippen LogP contribution is -2.12. The van der Waals surface area contributed by atoms with E-state index in [0.717, 1.165) is 5.69 Å². The fourth-order valence-corrected chi connectivity index (χ4v) is 4.04. The fourth-order valence-electron chi connectivity index (χ4n) is 1.92. The zero-order valence-corrected chi connectivity index (χ0v) is 14.3. The summed E-state index contributed by atoms with van der Waals surface area (Å²) < 4.78 is 23.2. The van der Waals surface area contributed by atoms with E-state index in [-0.39, 0.29) is 10.9 Å². The Labute approximate surface area is 131 Å². The Morgan fingerprint density at radius 3 is 2.55 bits per heavy atom. The Balaban J connectivity index is 2.25. The number of nitrogens with one attached hydrogen (secondary N) is 1. The lowest BCUT2D eigenvalue weighted by molar-refractivity contribution is 0.598. The van der Waals surface area contributed by atoms with Gasteiger partial charge in [-0.3, -0.25) is 0 Å². The minimum atomic E-state index is -3.68. The fraction of sp³-hybridized carbons (Fsp3) is 0.231. The van der Waals surface area contributed by atoms with Crippen molar-refractivity contribution in [1.82, 2.24) is 0 Å². The van der Waals surface area contributed by atoms with Crippen LogP contribution < -0.4 is 10.5 Å². The lowest BCUT2D eigenvalue weighted by Gasteiger charge is -2.16. The molecule has 0 aliphatic rings. The van der Waals surface area contributed by atoms with Crippen LogP contribution in [0.4, 0.5) is 5.69 Å². The van der Waals surface area contributed by atoms with Crippen LogP contribution in [0.15, 0.2) is 39.0 Å². The van der Waals surface area contributed by atoms with E-state index in [1.165, 1.54) is 22.6 Å². The van der Waals surface area contributed by atoms with Crippen LogP contribution in [0.3, 0.4) is 0 Å². The van der Waals surface area contributed by atoms with Crippen LogP contribution in [0.5, 0.6) is 0 Å². The highest BCUT2D eigenvalue weighted by Gasteiger charge is 2.14. The number of primary sulfonamides is 1. The summed E-state index contributed by atoms with van der Waals surface area (Å²) >= 11 is 5.07. The molecule has 0 spiro atoms. The second-order valence-electron chi connectivity index (χ2n) is 4.52. The summed E-state index contributed by atoms with van der Waals surface area (Å²) in [6.45, 7) is 4.14. The Morgan fingerprint density at radius 2 is 2.05 bits per heavy atom. The quantitative estimate of drug-likeness (QED) is 0.857. The molecule has 0 fully saturated rings. The van der Waals surface area contributed by atoms with Crippen molar-refractivity contribution in [2.75, 3.05) is 5.32 Å². The van der Waals surface area contributed by atoms with Crippen molar-refractivity contribution < 1.29 is 8.42 Å². The summed E-state index contributed by atoms with van der Waals surface area (Å²) in [6, 6.07) is 6.94. The summed E-state index contributed by atoms with van der Waals surface area (Å²) in [5.74, 6) is 0. The molecule has 20 heavy (non-hydrogen) atoms. The molecular formula is C13H15BrN2O2S2. The molecule has 1 atom stereocenters. The number of benzene rings is 1. The topological polar surface area (TPSA) is 72.2 Å². The summed E-state index contributed by atoms with van der Waals surface area (Å²) in [5.41, 5.74) is 2.07. The van der Waals surface area contributed by atoms with Gasteiger partial charge >= 0.3 is 0 Å². The van der Waals surface area contributed by atoms with E-state index < -0.39 is 10.0 Å². The molecule has 108 valence electrons. The number of rotatable bonds is 4. The number of thiophene rings is 1. The van der Waals surface area contributed by atoms with E-state index >= 15 is 0 Å². The molecule has 0 radical (unpaired) electrons. The SMILES string of the molecule is Cc1ccsc1C(C)Nc1ccc(S(N)(=O)=O)cc1Br. The zero-order chi connectivity index (χ0) is 14.9. The normalized spacial score (nSPS) is 13.2. The molecule has 2 rings (SSSR count). The summed E-state index contributed by atoms with van der Waals surface area (Å²) in [5, 5.41) is 10.5. The van der Waals surface area contributed by atoms with E-state index in [1.807, 2.05) is 0 Å². The molecule has 0 amide bonds. The van der Waals surface area contributed by atoms with Gasteiger partial charge in [0, 0.05) is 15.0 Å². The van der Waals surface area contributed by atoms with Gasteiger partial charge in [-0.2, -0.15) is 0 Å². The largest absolute Gasteiger partial charge is 0.377 e. The van der Waals surface area contributed by atoms with Crippen LogP contribution in [-0.4, -0.2) is 8.42 Å². The number of aryl methyl sites for hydroxylation is 1. The lowest BCUT2D eigenvalue weighted by atomic mass is 10.2.